The van der Waals surface area contributed by atoms with Crippen LogP contribution in [0.1, 0.15) is 23.5 Å². The maximum Gasteiger partial charge on any atom is 0.151 e. The Bertz CT molecular complexity index is 508. The van der Waals surface area contributed by atoms with E-state index in [2.05, 4.69) is 9.97 Å². The first kappa shape index (κ1) is 11.2. The summed E-state index contributed by atoms with van der Waals surface area (Å²) < 4.78 is 13.5. The van der Waals surface area contributed by atoms with Crippen molar-refractivity contribution in [3.05, 3.63) is 34.7 Å². The summed E-state index contributed by atoms with van der Waals surface area (Å²) >= 11 is 1.40. The molecule has 0 fully saturated rings. The highest BCUT2D eigenvalue weighted by atomic mass is 32.1. The fourth-order valence-electron chi connectivity index (χ4n) is 1.48. The lowest BCUT2D eigenvalue weighted by molar-refractivity contribution is 0.625. The number of hydrogen-bond acceptors (Lipinski definition) is 4. The standard InChI is InChI=1S/C11H12FN3S/c1-6(13)10-7(2)15-11(16-10)9-8(12)4-3-5-14-9/h3-6H,13H2,1-2H3. The summed E-state index contributed by atoms with van der Waals surface area (Å²) in [6, 6.07) is 2.86. The molecule has 0 aliphatic rings. The Morgan fingerprint density at radius 3 is 2.81 bits per heavy atom. The number of halogens is 1. The Kier molecular flexibility index (Phi) is 2.98. The SMILES string of the molecule is Cc1nc(-c2ncccc2F)sc1C(C)N. The molecule has 2 N–H and O–H groups in total. The lowest BCUT2D eigenvalue weighted by Crippen LogP contribution is -2.03. The van der Waals surface area contributed by atoms with Gasteiger partial charge in [-0.15, -0.1) is 11.3 Å². The van der Waals surface area contributed by atoms with Crippen LogP contribution in [0.4, 0.5) is 4.39 Å². The Morgan fingerprint density at radius 1 is 1.50 bits per heavy atom. The second-order valence-corrected chi connectivity index (χ2v) is 4.62. The first-order valence-electron chi connectivity index (χ1n) is 4.93. The molecule has 5 heteroatoms. The highest BCUT2D eigenvalue weighted by Crippen LogP contribution is 2.30. The molecule has 0 saturated carbocycles. The maximum atomic E-state index is 13.5. The maximum absolute atomic E-state index is 13.5. The molecule has 2 rings (SSSR count). The van der Waals surface area contributed by atoms with Gasteiger partial charge in [0.15, 0.2) is 5.82 Å². The molecule has 1 atom stereocenters. The molecule has 2 aromatic heterocycles. The van der Waals surface area contributed by atoms with Crippen molar-refractivity contribution >= 4 is 11.3 Å². The number of aromatic nitrogens is 2. The molecular weight excluding hydrogens is 225 g/mol. The predicted octanol–water partition coefficient (Wildman–Crippen LogP) is 2.67. The zero-order valence-corrected chi connectivity index (χ0v) is 9.88. The lowest BCUT2D eigenvalue weighted by Gasteiger charge is -1.99. The van der Waals surface area contributed by atoms with Crippen LogP contribution in [0.15, 0.2) is 18.3 Å². The third kappa shape index (κ3) is 1.96. The van der Waals surface area contributed by atoms with Gasteiger partial charge in [0.05, 0.1) is 5.69 Å². The summed E-state index contributed by atoms with van der Waals surface area (Å²) in [4.78, 5) is 9.27. The molecule has 3 nitrogen and oxygen atoms in total. The third-order valence-corrected chi connectivity index (χ3v) is 3.57. The van der Waals surface area contributed by atoms with Crippen molar-refractivity contribution in [2.24, 2.45) is 5.73 Å². The molecule has 16 heavy (non-hydrogen) atoms. The van der Waals surface area contributed by atoms with E-state index in [1.54, 1.807) is 12.3 Å². The van der Waals surface area contributed by atoms with Crippen molar-refractivity contribution < 1.29 is 4.39 Å². The second-order valence-electron chi connectivity index (χ2n) is 3.59. The van der Waals surface area contributed by atoms with Gasteiger partial charge >= 0.3 is 0 Å². The molecule has 2 heterocycles. The van der Waals surface area contributed by atoms with Crippen LogP contribution in [0.5, 0.6) is 0 Å². The topological polar surface area (TPSA) is 51.8 Å². The first-order valence-corrected chi connectivity index (χ1v) is 5.75. The van der Waals surface area contributed by atoms with Crippen molar-refractivity contribution in [2.45, 2.75) is 19.9 Å². The molecular formula is C11H12FN3S. The second kappa shape index (κ2) is 4.27. The van der Waals surface area contributed by atoms with Gasteiger partial charge in [-0.3, -0.25) is 4.98 Å². The van der Waals surface area contributed by atoms with Gasteiger partial charge in [-0.1, -0.05) is 0 Å². The Balaban J connectivity index is 2.50. The summed E-state index contributed by atoms with van der Waals surface area (Å²) in [5, 5.41) is 0.586. The molecule has 0 aliphatic heterocycles. The monoisotopic (exact) mass is 237 g/mol. The average molecular weight is 237 g/mol. The minimum atomic E-state index is -0.354. The van der Waals surface area contributed by atoms with E-state index >= 15 is 0 Å². The van der Waals surface area contributed by atoms with Crippen LogP contribution in [0.2, 0.25) is 0 Å². The summed E-state index contributed by atoms with van der Waals surface area (Å²) in [5.74, 6) is -0.354. The fourth-order valence-corrected chi connectivity index (χ4v) is 2.49. The van der Waals surface area contributed by atoms with Gasteiger partial charge in [0.1, 0.15) is 10.7 Å². The zero-order chi connectivity index (χ0) is 11.7. The van der Waals surface area contributed by atoms with Crippen molar-refractivity contribution in [1.29, 1.82) is 0 Å². The van der Waals surface area contributed by atoms with Gasteiger partial charge in [0.25, 0.3) is 0 Å². The lowest BCUT2D eigenvalue weighted by atomic mass is 10.2. The normalized spacial score (nSPS) is 12.8. The van der Waals surface area contributed by atoms with Gasteiger partial charge in [0, 0.05) is 17.1 Å². The molecule has 0 aromatic carbocycles. The van der Waals surface area contributed by atoms with E-state index in [1.807, 2.05) is 13.8 Å². The Labute approximate surface area is 97.2 Å². The third-order valence-electron chi connectivity index (χ3n) is 2.21. The summed E-state index contributed by atoms with van der Waals surface area (Å²) in [6.45, 7) is 3.76. The number of rotatable bonds is 2. The van der Waals surface area contributed by atoms with Crippen LogP contribution < -0.4 is 5.73 Å². The highest BCUT2D eigenvalue weighted by Gasteiger charge is 2.15. The minimum Gasteiger partial charge on any atom is -0.323 e. The molecule has 0 saturated heterocycles. The minimum absolute atomic E-state index is 0.0852. The van der Waals surface area contributed by atoms with E-state index in [-0.39, 0.29) is 11.9 Å². The quantitative estimate of drug-likeness (QED) is 0.873. The van der Waals surface area contributed by atoms with Crippen molar-refractivity contribution in [3.8, 4) is 10.7 Å². The van der Waals surface area contributed by atoms with E-state index in [0.717, 1.165) is 10.6 Å². The summed E-state index contributed by atoms with van der Waals surface area (Å²) in [6.07, 6.45) is 1.56. The Hall–Kier alpha value is -1.33. The average Bonchev–Trinajstić information content (AvgIpc) is 2.61. The smallest absolute Gasteiger partial charge is 0.151 e. The zero-order valence-electron chi connectivity index (χ0n) is 9.07. The van der Waals surface area contributed by atoms with Gasteiger partial charge in [-0.05, 0) is 26.0 Å². The molecule has 0 radical (unpaired) electrons. The van der Waals surface area contributed by atoms with E-state index in [9.17, 15) is 4.39 Å². The van der Waals surface area contributed by atoms with Gasteiger partial charge < -0.3 is 5.73 Å². The molecule has 0 aliphatic carbocycles. The van der Waals surface area contributed by atoms with Crippen LogP contribution in [-0.2, 0) is 0 Å². The Morgan fingerprint density at radius 2 is 2.25 bits per heavy atom. The van der Waals surface area contributed by atoms with E-state index in [0.29, 0.717) is 10.7 Å². The van der Waals surface area contributed by atoms with Gasteiger partial charge in [-0.25, -0.2) is 9.37 Å². The number of thiazole rings is 1. The van der Waals surface area contributed by atoms with Crippen LogP contribution in [0.3, 0.4) is 0 Å². The molecule has 0 bridgehead atoms. The van der Waals surface area contributed by atoms with Crippen LogP contribution in [-0.4, -0.2) is 9.97 Å². The van der Waals surface area contributed by atoms with Gasteiger partial charge in [-0.2, -0.15) is 0 Å². The fraction of sp³-hybridized carbons (Fsp3) is 0.273. The predicted molar refractivity (Wildman–Crippen MR) is 62.6 cm³/mol. The molecule has 84 valence electrons. The number of aryl methyl sites for hydroxylation is 1. The number of nitrogens with zero attached hydrogens (tertiary/aromatic N) is 2. The van der Waals surface area contributed by atoms with Gasteiger partial charge in [0.2, 0.25) is 0 Å². The van der Waals surface area contributed by atoms with Crippen molar-refractivity contribution in [3.63, 3.8) is 0 Å². The molecule has 1 unspecified atom stereocenters. The van der Waals surface area contributed by atoms with E-state index in [4.69, 9.17) is 5.73 Å². The number of nitrogens with two attached hydrogens (primary N) is 1. The molecule has 0 amide bonds. The number of pyridine rings is 1. The summed E-state index contributed by atoms with van der Waals surface area (Å²) in [7, 11) is 0. The van der Waals surface area contributed by atoms with Crippen LogP contribution >= 0.6 is 11.3 Å². The van der Waals surface area contributed by atoms with E-state index < -0.39 is 0 Å². The van der Waals surface area contributed by atoms with Crippen molar-refractivity contribution in [1.82, 2.24) is 9.97 Å². The summed E-state index contributed by atoms with van der Waals surface area (Å²) in [5.41, 5.74) is 6.94. The van der Waals surface area contributed by atoms with E-state index in [1.165, 1.54) is 17.4 Å². The highest BCUT2D eigenvalue weighted by molar-refractivity contribution is 7.15. The van der Waals surface area contributed by atoms with Crippen LogP contribution in [0, 0.1) is 12.7 Å². The van der Waals surface area contributed by atoms with Crippen LogP contribution in [0.25, 0.3) is 10.7 Å². The first-order chi connectivity index (χ1) is 7.59. The molecule has 0 spiro atoms. The van der Waals surface area contributed by atoms with Crippen molar-refractivity contribution in [2.75, 3.05) is 0 Å². The molecule has 2 aromatic rings. The largest absolute Gasteiger partial charge is 0.323 e. The number of hydrogen-bond donors (Lipinski definition) is 1.